The van der Waals surface area contributed by atoms with Crippen molar-refractivity contribution in [2.24, 2.45) is 5.92 Å². The number of likely N-dealkylation sites (tertiary alicyclic amines) is 1. The second kappa shape index (κ2) is 6.24. The van der Waals surface area contributed by atoms with Gasteiger partial charge in [-0.2, -0.15) is 5.26 Å². The molecule has 1 saturated heterocycles. The third-order valence-electron chi connectivity index (χ3n) is 5.63. The van der Waals surface area contributed by atoms with Gasteiger partial charge in [-0.15, -0.1) is 0 Å². The van der Waals surface area contributed by atoms with E-state index >= 15 is 0 Å². The van der Waals surface area contributed by atoms with Crippen molar-refractivity contribution in [1.82, 2.24) is 10.2 Å². The average Bonchev–Trinajstić information content (AvgIpc) is 3.00. The number of hydrogen-bond donors (Lipinski definition) is 1. The van der Waals surface area contributed by atoms with Crippen molar-refractivity contribution in [3.05, 3.63) is 0 Å². The SMILES string of the molecule is CCC1CCC(C)N1CCC1CCCC1(C#N)NC. The van der Waals surface area contributed by atoms with E-state index in [1.54, 1.807) is 0 Å². The Kier molecular flexibility index (Phi) is 4.86. The molecule has 0 amide bonds. The maximum atomic E-state index is 9.50. The summed E-state index contributed by atoms with van der Waals surface area (Å²) in [4.78, 5) is 2.69. The molecule has 4 unspecified atom stereocenters. The van der Waals surface area contributed by atoms with Crippen LogP contribution in [0.5, 0.6) is 0 Å². The van der Waals surface area contributed by atoms with E-state index in [4.69, 9.17) is 0 Å². The highest BCUT2D eigenvalue weighted by molar-refractivity contribution is 5.13. The van der Waals surface area contributed by atoms with Crippen LogP contribution in [0.25, 0.3) is 0 Å². The van der Waals surface area contributed by atoms with E-state index in [2.05, 4.69) is 30.1 Å². The fraction of sp³-hybridized carbons (Fsp3) is 0.938. The van der Waals surface area contributed by atoms with E-state index in [0.717, 1.165) is 18.5 Å². The smallest absolute Gasteiger partial charge is 0.109 e. The van der Waals surface area contributed by atoms with E-state index in [1.807, 2.05) is 7.05 Å². The average molecular weight is 263 g/mol. The van der Waals surface area contributed by atoms with E-state index < -0.39 is 0 Å². The maximum absolute atomic E-state index is 9.50. The zero-order valence-electron chi connectivity index (χ0n) is 12.8. The normalized spacial score (nSPS) is 39.6. The molecule has 0 aromatic carbocycles. The number of nitrogens with one attached hydrogen (secondary N) is 1. The van der Waals surface area contributed by atoms with Gasteiger partial charge in [0, 0.05) is 12.1 Å². The van der Waals surface area contributed by atoms with Gasteiger partial charge in [0.05, 0.1) is 6.07 Å². The van der Waals surface area contributed by atoms with Gasteiger partial charge in [-0.1, -0.05) is 13.3 Å². The highest BCUT2D eigenvalue weighted by Gasteiger charge is 2.42. The Morgan fingerprint density at radius 1 is 1.37 bits per heavy atom. The zero-order chi connectivity index (χ0) is 13.9. The number of nitrogens with zero attached hydrogens (tertiary/aromatic N) is 2. The standard InChI is InChI=1S/C16H29N3/c1-4-15-8-7-13(2)19(15)11-9-14-6-5-10-16(14,12-17)18-3/h13-15,18H,4-11H2,1-3H3. The molecule has 0 spiro atoms. The summed E-state index contributed by atoms with van der Waals surface area (Å²) >= 11 is 0. The molecule has 2 fully saturated rings. The number of hydrogen-bond acceptors (Lipinski definition) is 3. The van der Waals surface area contributed by atoms with Gasteiger partial charge in [0.15, 0.2) is 0 Å². The number of nitriles is 1. The third kappa shape index (κ3) is 2.80. The first-order valence-electron chi connectivity index (χ1n) is 8.02. The van der Waals surface area contributed by atoms with Crippen LogP contribution in [-0.4, -0.2) is 36.1 Å². The lowest BCUT2D eigenvalue weighted by Gasteiger charge is -2.33. The van der Waals surface area contributed by atoms with Crippen LogP contribution in [-0.2, 0) is 0 Å². The molecule has 0 radical (unpaired) electrons. The summed E-state index contributed by atoms with van der Waals surface area (Å²) in [5, 5.41) is 12.8. The summed E-state index contributed by atoms with van der Waals surface area (Å²) < 4.78 is 0. The Hall–Kier alpha value is -0.590. The molecule has 1 N–H and O–H groups in total. The molecule has 1 aliphatic carbocycles. The predicted octanol–water partition coefficient (Wildman–Crippen LogP) is 2.92. The van der Waals surface area contributed by atoms with Crippen molar-refractivity contribution in [1.29, 1.82) is 5.26 Å². The lowest BCUT2D eigenvalue weighted by atomic mass is 9.86. The molecule has 108 valence electrons. The molecule has 0 aromatic heterocycles. The lowest BCUT2D eigenvalue weighted by Crippen LogP contribution is -2.46. The fourth-order valence-corrected chi connectivity index (χ4v) is 4.27. The van der Waals surface area contributed by atoms with Gasteiger partial charge < -0.3 is 5.32 Å². The van der Waals surface area contributed by atoms with Crippen molar-refractivity contribution in [3.8, 4) is 6.07 Å². The van der Waals surface area contributed by atoms with Crippen LogP contribution >= 0.6 is 0 Å². The largest absolute Gasteiger partial charge is 0.302 e. The van der Waals surface area contributed by atoms with Crippen LogP contribution in [0.1, 0.15) is 58.8 Å². The van der Waals surface area contributed by atoms with Gasteiger partial charge in [0.2, 0.25) is 0 Å². The van der Waals surface area contributed by atoms with Crippen LogP contribution < -0.4 is 5.32 Å². The molecule has 1 aliphatic heterocycles. The van der Waals surface area contributed by atoms with Crippen molar-refractivity contribution < 1.29 is 0 Å². The molecule has 1 heterocycles. The van der Waals surface area contributed by atoms with Gasteiger partial charge in [-0.05, 0) is 65.0 Å². The molecular weight excluding hydrogens is 234 g/mol. The van der Waals surface area contributed by atoms with Crippen LogP contribution in [0.15, 0.2) is 0 Å². The molecular formula is C16H29N3. The Labute approximate surface area is 118 Å². The molecule has 3 nitrogen and oxygen atoms in total. The molecule has 4 atom stereocenters. The van der Waals surface area contributed by atoms with Crippen molar-refractivity contribution in [2.45, 2.75) is 76.4 Å². The first-order valence-corrected chi connectivity index (χ1v) is 8.02. The Balaban J connectivity index is 1.93. The minimum Gasteiger partial charge on any atom is -0.302 e. The summed E-state index contributed by atoms with van der Waals surface area (Å²) in [6.07, 6.45) is 8.59. The van der Waals surface area contributed by atoms with Gasteiger partial charge in [0.25, 0.3) is 0 Å². The minimum atomic E-state index is -0.245. The fourth-order valence-electron chi connectivity index (χ4n) is 4.27. The minimum absolute atomic E-state index is 0.245. The van der Waals surface area contributed by atoms with Crippen LogP contribution in [0, 0.1) is 17.2 Å². The summed E-state index contributed by atoms with van der Waals surface area (Å²) in [6, 6.07) is 4.07. The molecule has 2 aliphatic rings. The highest BCUT2D eigenvalue weighted by Crippen LogP contribution is 2.38. The first kappa shape index (κ1) is 14.8. The van der Waals surface area contributed by atoms with Crippen molar-refractivity contribution in [3.63, 3.8) is 0 Å². The molecule has 2 rings (SSSR count). The third-order valence-corrected chi connectivity index (χ3v) is 5.63. The van der Waals surface area contributed by atoms with Crippen LogP contribution in [0.4, 0.5) is 0 Å². The van der Waals surface area contributed by atoms with Crippen LogP contribution in [0.2, 0.25) is 0 Å². The lowest BCUT2D eigenvalue weighted by molar-refractivity contribution is 0.173. The highest BCUT2D eigenvalue weighted by atomic mass is 15.2. The zero-order valence-corrected chi connectivity index (χ0v) is 12.8. The molecule has 0 aromatic rings. The molecule has 19 heavy (non-hydrogen) atoms. The number of rotatable bonds is 5. The Bertz CT molecular complexity index is 335. The summed E-state index contributed by atoms with van der Waals surface area (Å²) in [7, 11) is 1.95. The van der Waals surface area contributed by atoms with Gasteiger partial charge in [-0.3, -0.25) is 4.90 Å². The second-order valence-electron chi connectivity index (χ2n) is 6.44. The predicted molar refractivity (Wildman–Crippen MR) is 78.8 cm³/mol. The Morgan fingerprint density at radius 3 is 2.79 bits per heavy atom. The molecule has 0 bridgehead atoms. The second-order valence-corrected chi connectivity index (χ2v) is 6.44. The molecule has 1 saturated carbocycles. The quantitative estimate of drug-likeness (QED) is 0.829. The molecule has 3 heteroatoms. The topological polar surface area (TPSA) is 39.1 Å². The van der Waals surface area contributed by atoms with Crippen LogP contribution in [0.3, 0.4) is 0 Å². The van der Waals surface area contributed by atoms with Crippen molar-refractivity contribution in [2.75, 3.05) is 13.6 Å². The van der Waals surface area contributed by atoms with E-state index in [-0.39, 0.29) is 5.54 Å². The van der Waals surface area contributed by atoms with E-state index in [0.29, 0.717) is 5.92 Å². The van der Waals surface area contributed by atoms with E-state index in [9.17, 15) is 5.26 Å². The Morgan fingerprint density at radius 2 is 2.16 bits per heavy atom. The van der Waals surface area contributed by atoms with Crippen molar-refractivity contribution >= 4 is 0 Å². The first-order chi connectivity index (χ1) is 9.16. The summed E-state index contributed by atoms with van der Waals surface area (Å²) in [5.41, 5.74) is -0.245. The van der Waals surface area contributed by atoms with Gasteiger partial charge in [-0.25, -0.2) is 0 Å². The van der Waals surface area contributed by atoms with E-state index in [1.165, 1.54) is 45.1 Å². The monoisotopic (exact) mass is 263 g/mol. The van der Waals surface area contributed by atoms with Gasteiger partial charge in [0.1, 0.15) is 5.54 Å². The maximum Gasteiger partial charge on any atom is 0.109 e. The summed E-state index contributed by atoms with van der Waals surface area (Å²) in [5.74, 6) is 0.535. The van der Waals surface area contributed by atoms with Gasteiger partial charge >= 0.3 is 0 Å². The summed E-state index contributed by atoms with van der Waals surface area (Å²) in [6.45, 7) is 5.84.